The van der Waals surface area contributed by atoms with Crippen LogP contribution in [0.2, 0.25) is 0 Å². The van der Waals surface area contributed by atoms with E-state index in [1.165, 1.54) is 4.68 Å². The molecular weight excluding hydrogens is 394 g/mol. The highest BCUT2D eigenvalue weighted by molar-refractivity contribution is 6.04. The molecule has 0 fully saturated rings. The van der Waals surface area contributed by atoms with Crippen molar-refractivity contribution in [1.29, 1.82) is 0 Å². The van der Waals surface area contributed by atoms with Crippen LogP contribution in [0.15, 0.2) is 35.1 Å². The third-order valence-electron chi connectivity index (χ3n) is 5.25. The molecular formula is C24H29N3O4. The van der Waals surface area contributed by atoms with E-state index < -0.39 is 5.97 Å². The van der Waals surface area contributed by atoms with Crippen molar-refractivity contribution in [2.24, 2.45) is 5.92 Å². The molecule has 7 heteroatoms. The minimum atomic E-state index is -0.718. The number of aromatic nitrogens is 3. The molecule has 31 heavy (non-hydrogen) atoms. The number of hydrogen-bond donors (Lipinski definition) is 0. The minimum Gasteiger partial charge on any atom is -0.452 e. The summed E-state index contributed by atoms with van der Waals surface area (Å²) in [6.07, 6.45) is 0.962. The molecule has 0 N–H and O–H groups in total. The van der Waals surface area contributed by atoms with Crippen molar-refractivity contribution < 1.29 is 14.3 Å². The molecule has 0 bridgehead atoms. The molecule has 3 rings (SSSR count). The van der Waals surface area contributed by atoms with E-state index in [2.05, 4.69) is 16.6 Å². The second kappa shape index (κ2) is 9.29. The van der Waals surface area contributed by atoms with Crippen molar-refractivity contribution in [3.8, 4) is 0 Å². The van der Waals surface area contributed by atoms with Gasteiger partial charge in [0.15, 0.2) is 12.3 Å². The standard InChI is InChI=1S/C24H29N3O4/c1-6-11-26-16(4)12-20(17(26)5)21(28)14-31-24(30)22-18-9-7-8-10-19(18)23(29)27(25-22)13-15(2)3/h7-10,12,15H,6,11,13-14H2,1-5H3. The van der Waals surface area contributed by atoms with E-state index in [0.717, 1.165) is 24.4 Å². The summed E-state index contributed by atoms with van der Waals surface area (Å²) in [7, 11) is 0. The second-order valence-electron chi connectivity index (χ2n) is 8.21. The number of aryl methyl sites for hydroxylation is 1. The molecule has 0 saturated heterocycles. The molecule has 164 valence electrons. The summed E-state index contributed by atoms with van der Waals surface area (Å²) in [6.45, 7) is 10.7. The number of fused-ring (bicyclic) bond motifs is 1. The second-order valence-corrected chi connectivity index (χ2v) is 8.21. The molecule has 0 aliphatic rings. The van der Waals surface area contributed by atoms with Gasteiger partial charge in [0, 0.05) is 35.4 Å². The molecule has 3 aromatic rings. The molecule has 0 unspecified atom stereocenters. The monoisotopic (exact) mass is 423 g/mol. The highest BCUT2D eigenvalue weighted by Gasteiger charge is 2.21. The Labute approximate surface area is 181 Å². The largest absolute Gasteiger partial charge is 0.452 e. The Kier molecular flexibility index (Phi) is 6.73. The smallest absolute Gasteiger partial charge is 0.359 e. The van der Waals surface area contributed by atoms with Crippen molar-refractivity contribution in [3.05, 3.63) is 63.3 Å². The van der Waals surface area contributed by atoms with Gasteiger partial charge < -0.3 is 9.30 Å². The molecule has 2 aromatic heterocycles. The number of carbonyl (C=O) groups excluding carboxylic acids is 2. The normalized spacial score (nSPS) is 11.3. The Morgan fingerprint density at radius 1 is 1.13 bits per heavy atom. The van der Waals surface area contributed by atoms with Gasteiger partial charge in [-0.1, -0.05) is 39.0 Å². The fourth-order valence-corrected chi connectivity index (χ4v) is 3.78. The van der Waals surface area contributed by atoms with Gasteiger partial charge in [-0.25, -0.2) is 9.48 Å². The summed E-state index contributed by atoms with van der Waals surface area (Å²) in [5.41, 5.74) is 2.22. The first-order chi connectivity index (χ1) is 14.7. The van der Waals surface area contributed by atoms with E-state index in [9.17, 15) is 14.4 Å². The number of carbonyl (C=O) groups is 2. The zero-order valence-electron chi connectivity index (χ0n) is 18.8. The maximum Gasteiger partial charge on any atom is 0.359 e. The summed E-state index contributed by atoms with van der Waals surface area (Å²) in [6, 6.07) is 8.65. The van der Waals surface area contributed by atoms with Gasteiger partial charge in [0.2, 0.25) is 5.78 Å². The molecule has 0 spiro atoms. The Morgan fingerprint density at radius 2 is 1.81 bits per heavy atom. The van der Waals surface area contributed by atoms with Crippen LogP contribution in [-0.2, 0) is 17.8 Å². The summed E-state index contributed by atoms with van der Waals surface area (Å²) in [4.78, 5) is 38.3. The first kappa shape index (κ1) is 22.5. The van der Waals surface area contributed by atoms with Crippen molar-refractivity contribution in [1.82, 2.24) is 14.3 Å². The summed E-state index contributed by atoms with van der Waals surface area (Å²) >= 11 is 0. The lowest BCUT2D eigenvalue weighted by Crippen LogP contribution is -2.28. The van der Waals surface area contributed by atoms with Gasteiger partial charge in [-0.3, -0.25) is 9.59 Å². The molecule has 7 nitrogen and oxygen atoms in total. The first-order valence-corrected chi connectivity index (χ1v) is 10.6. The average molecular weight is 424 g/mol. The number of esters is 1. The quantitative estimate of drug-likeness (QED) is 0.405. The summed E-state index contributed by atoms with van der Waals surface area (Å²) in [5, 5.41) is 5.09. The van der Waals surface area contributed by atoms with Crippen LogP contribution in [0.4, 0.5) is 0 Å². The fraction of sp³-hybridized carbons (Fsp3) is 0.417. The van der Waals surface area contributed by atoms with E-state index in [1.807, 2.05) is 33.8 Å². The molecule has 0 atom stereocenters. The first-order valence-electron chi connectivity index (χ1n) is 10.6. The highest BCUT2D eigenvalue weighted by atomic mass is 16.5. The lowest BCUT2D eigenvalue weighted by Gasteiger charge is -2.12. The molecule has 0 saturated carbocycles. The van der Waals surface area contributed by atoms with Crippen LogP contribution in [0, 0.1) is 19.8 Å². The maximum absolute atomic E-state index is 12.8. The molecule has 0 amide bonds. The lowest BCUT2D eigenvalue weighted by molar-refractivity contribution is 0.0468. The number of Topliss-reactive ketones (excluding diaryl/α,β-unsaturated/α-hetero) is 1. The molecule has 0 radical (unpaired) electrons. The number of ketones is 1. The van der Waals surface area contributed by atoms with E-state index in [0.29, 0.717) is 22.9 Å². The van der Waals surface area contributed by atoms with Crippen LogP contribution >= 0.6 is 0 Å². The molecule has 0 aliphatic heterocycles. The highest BCUT2D eigenvalue weighted by Crippen LogP contribution is 2.18. The van der Waals surface area contributed by atoms with E-state index >= 15 is 0 Å². The van der Waals surface area contributed by atoms with E-state index in [-0.39, 0.29) is 29.6 Å². The number of hydrogen-bond acceptors (Lipinski definition) is 5. The topological polar surface area (TPSA) is 83.2 Å². The van der Waals surface area contributed by atoms with E-state index in [1.54, 1.807) is 24.3 Å². The number of rotatable bonds is 8. The van der Waals surface area contributed by atoms with Crippen LogP contribution < -0.4 is 5.56 Å². The van der Waals surface area contributed by atoms with Crippen molar-refractivity contribution in [2.45, 2.75) is 54.1 Å². The Hall–Kier alpha value is -3.22. The Bertz CT molecular complexity index is 1190. The van der Waals surface area contributed by atoms with Crippen molar-refractivity contribution in [3.63, 3.8) is 0 Å². The molecule has 2 heterocycles. The molecule has 0 aliphatic carbocycles. The van der Waals surface area contributed by atoms with Crippen LogP contribution in [0.25, 0.3) is 10.8 Å². The minimum absolute atomic E-state index is 0.0418. The zero-order chi connectivity index (χ0) is 22.7. The SMILES string of the molecule is CCCn1c(C)cc(C(=O)COC(=O)c2nn(CC(C)C)c(=O)c3ccccc23)c1C. The Balaban J connectivity index is 1.87. The van der Waals surface area contributed by atoms with Gasteiger partial charge in [0.05, 0.1) is 5.39 Å². The van der Waals surface area contributed by atoms with Gasteiger partial charge in [0.1, 0.15) is 0 Å². The van der Waals surface area contributed by atoms with Crippen LogP contribution in [0.1, 0.15) is 59.4 Å². The van der Waals surface area contributed by atoms with E-state index in [4.69, 9.17) is 4.74 Å². The van der Waals surface area contributed by atoms with Crippen molar-refractivity contribution >= 4 is 22.5 Å². The molecule has 1 aromatic carbocycles. The maximum atomic E-state index is 12.8. The van der Waals surface area contributed by atoms with Gasteiger partial charge in [0.25, 0.3) is 5.56 Å². The van der Waals surface area contributed by atoms with Gasteiger partial charge in [-0.2, -0.15) is 5.10 Å². The van der Waals surface area contributed by atoms with Crippen LogP contribution in [-0.4, -0.2) is 32.7 Å². The predicted octanol–water partition coefficient (Wildman–Crippen LogP) is 3.92. The summed E-state index contributed by atoms with van der Waals surface area (Å²) in [5.74, 6) is -0.803. The van der Waals surface area contributed by atoms with Crippen LogP contribution in [0.5, 0.6) is 0 Å². The fourth-order valence-electron chi connectivity index (χ4n) is 3.78. The number of ether oxygens (including phenoxy) is 1. The third-order valence-corrected chi connectivity index (χ3v) is 5.25. The van der Waals surface area contributed by atoms with Gasteiger partial charge >= 0.3 is 5.97 Å². The van der Waals surface area contributed by atoms with Crippen LogP contribution in [0.3, 0.4) is 0 Å². The number of nitrogens with zero attached hydrogens (tertiary/aromatic N) is 3. The third kappa shape index (κ3) is 4.60. The lowest BCUT2D eigenvalue weighted by atomic mass is 10.1. The predicted molar refractivity (Wildman–Crippen MR) is 120 cm³/mol. The summed E-state index contributed by atoms with van der Waals surface area (Å²) < 4.78 is 8.73. The average Bonchev–Trinajstić information content (AvgIpc) is 3.02. The van der Waals surface area contributed by atoms with Gasteiger partial charge in [-0.15, -0.1) is 0 Å². The van der Waals surface area contributed by atoms with Crippen molar-refractivity contribution in [2.75, 3.05) is 6.61 Å². The van der Waals surface area contributed by atoms with Gasteiger partial charge in [-0.05, 0) is 38.3 Å². The number of benzene rings is 1. The zero-order valence-corrected chi connectivity index (χ0v) is 18.8. The Morgan fingerprint density at radius 3 is 2.45 bits per heavy atom.